The summed E-state index contributed by atoms with van der Waals surface area (Å²) in [5.41, 5.74) is 7.00. The van der Waals surface area contributed by atoms with Crippen molar-refractivity contribution in [2.24, 2.45) is 5.73 Å². The monoisotopic (exact) mass is 175 g/mol. The van der Waals surface area contributed by atoms with E-state index in [0.29, 0.717) is 6.42 Å². The van der Waals surface area contributed by atoms with E-state index in [2.05, 4.69) is 10.2 Å². The van der Waals surface area contributed by atoms with Crippen LogP contribution >= 0.6 is 0 Å². The number of hydrogen-bond acceptors (Lipinski definition) is 3. The van der Waals surface area contributed by atoms with E-state index in [-0.39, 0.29) is 5.84 Å². The molecule has 0 aliphatic rings. The number of amidine groups is 1. The molecule has 0 radical (unpaired) electrons. The fourth-order valence-electron chi connectivity index (χ4n) is 1.25. The van der Waals surface area contributed by atoms with Crippen LogP contribution in [0.1, 0.15) is 5.56 Å². The largest absolute Gasteiger partial charge is 0.387 e. The third kappa shape index (κ3) is 1.35. The van der Waals surface area contributed by atoms with E-state index in [0.717, 1.165) is 11.2 Å². The Labute approximate surface area is 74.7 Å². The molecule has 0 saturated heterocycles. The fourth-order valence-corrected chi connectivity index (χ4v) is 1.25. The Balaban J connectivity index is 2.54. The van der Waals surface area contributed by atoms with E-state index >= 15 is 0 Å². The van der Waals surface area contributed by atoms with E-state index in [1.165, 1.54) is 0 Å². The lowest BCUT2D eigenvalue weighted by molar-refractivity contribution is 1.10. The van der Waals surface area contributed by atoms with Crippen molar-refractivity contribution in [3.8, 4) is 0 Å². The van der Waals surface area contributed by atoms with Gasteiger partial charge in [-0.1, -0.05) is 6.07 Å². The standard InChI is InChI=1S/C8H9N5/c9-7(10)4-6-2-1-3-13-5-11-12-8(6)13/h1-3,5H,4H2,(H3,9,10). The van der Waals surface area contributed by atoms with E-state index in [9.17, 15) is 0 Å². The number of fused-ring (bicyclic) bond motifs is 1. The molecule has 2 aromatic heterocycles. The minimum absolute atomic E-state index is 0.135. The molecule has 0 atom stereocenters. The van der Waals surface area contributed by atoms with Gasteiger partial charge in [-0.2, -0.15) is 0 Å². The number of nitrogens with zero attached hydrogens (tertiary/aromatic N) is 3. The average molecular weight is 175 g/mol. The minimum Gasteiger partial charge on any atom is -0.387 e. The van der Waals surface area contributed by atoms with Gasteiger partial charge in [-0.05, 0) is 6.07 Å². The number of nitrogens with two attached hydrogens (primary N) is 1. The molecule has 0 bridgehead atoms. The summed E-state index contributed by atoms with van der Waals surface area (Å²) in [6.07, 6.45) is 3.90. The lowest BCUT2D eigenvalue weighted by Gasteiger charge is -2.00. The maximum absolute atomic E-state index is 7.18. The number of rotatable bonds is 2. The predicted octanol–water partition coefficient (Wildman–Crippen LogP) is 0.208. The van der Waals surface area contributed by atoms with Crippen LogP contribution in [-0.4, -0.2) is 20.4 Å². The Bertz CT molecular complexity index is 444. The van der Waals surface area contributed by atoms with Crippen molar-refractivity contribution in [3.05, 3.63) is 30.2 Å². The Morgan fingerprint density at radius 2 is 2.46 bits per heavy atom. The number of aromatic nitrogens is 3. The van der Waals surface area contributed by atoms with Gasteiger partial charge >= 0.3 is 0 Å². The number of pyridine rings is 1. The van der Waals surface area contributed by atoms with Crippen molar-refractivity contribution < 1.29 is 0 Å². The van der Waals surface area contributed by atoms with Crippen molar-refractivity contribution in [3.63, 3.8) is 0 Å². The van der Waals surface area contributed by atoms with Gasteiger partial charge in [0.1, 0.15) is 6.33 Å². The van der Waals surface area contributed by atoms with Crippen LogP contribution in [0.25, 0.3) is 5.65 Å². The lowest BCUT2D eigenvalue weighted by Crippen LogP contribution is -2.13. The SMILES string of the molecule is N=C(N)Cc1cccn2cnnc12. The zero-order valence-corrected chi connectivity index (χ0v) is 6.94. The topological polar surface area (TPSA) is 80.1 Å². The van der Waals surface area contributed by atoms with Crippen LogP contribution in [0.15, 0.2) is 24.7 Å². The van der Waals surface area contributed by atoms with Crippen LogP contribution in [0, 0.1) is 5.41 Å². The van der Waals surface area contributed by atoms with Crippen LogP contribution in [-0.2, 0) is 6.42 Å². The Morgan fingerprint density at radius 1 is 1.62 bits per heavy atom. The maximum atomic E-state index is 7.18. The van der Waals surface area contributed by atoms with Gasteiger partial charge in [0, 0.05) is 18.2 Å². The van der Waals surface area contributed by atoms with Gasteiger partial charge in [0.2, 0.25) is 0 Å². The summed E-state index contributed by atoms with van der Waals surface area (Å²) in [5.74, 6) is 0.135. The zero-order chi connectivity index (χ0) is 9.26. The van der Waals surface area contributed by atoms with Crippen molar-refractivity contribution in [1.82, 2.24) is 14.6 Å². The van der Waals surface area contributed by atoms with Gasteiger partial charge < -0.3 is 5.73 Å². The van der Waals surface area contributed by atoms with Crippen molar-refractivity contribution >= 4 is 11.5 Å². The quantitative estimate of drug-likeness (QED) is 0.505. The van der Waals surface area contributed by atoms with E-state index in [1.807, 2.05) is 18.3 Å². The predicted molar refractivity (Wildman–Crippen MR) is 48.6 cm³/mol. The normalized spacial score (nSPS) is 10.5. The zero-order valence-electron chi connectivity index (χ0n) is 6.94. The van der Waals surface area contributed by atoms with Crippen LogP contribution in [0.4, 0.5) is 0 Å². The van der Waals surface area contributed by atoms with Gasteiger partial charge in [0.05, 0.1) is 5.84 Å². The van der Waals surface area contributed by atoms with Gasteiger partial charge in [-0.25, -0.2) is 0 Å². The molecule has 5 nitrogen and oxygen atoms in total. The first-order valence-corrected chi connectivity index (χ1v) is 3.87. The van der Waals surface area contributed by atoms with E-state index in [4.69, 9.17) is 11.1 Å². The second kappa shape index (κ2) is 2.85. The minimum atomic E-state index is 0.135. The first-order chi connectivity index (χ1) is 6.27. The smallest absolute Gasteiger partial charge is 0.164 e. The van der Waals surface area contributed by atoms with Crippen molar-refractivity contribution in [2.75, 3.05) is 0 Å². The molecule has 3 N–H and O–H groups in total. The average Bonchev–Trinajstić information content (AvgIpc) is 2.51. The van der Waals surface area contributed by atoms with E-state index < -0.39 is 0 Å². The fraction of sp³-hybridized carbons (Fsp3) is 0.125. The van der Waals surface area contributed by atoms with Crippen LogP contribution in [0.2, 0.25) is 0 Å². The molecule has 66 valence electrons. The molecular weight excluding hydrogens is 166 g/mol. The van der Waals surface area contributed by atoms with Gasteiger partial charge in [-0.15, -0.1) is 10.2 Å². The van der Waals surface area contributed by atoms with Crippen LogP contribution in [0.3, 0.4) is 0 Å². The molecule has 0 unspecified atom stereocenters. The molecule has 0 amide bonds. The highest BCUT2D eigenvalue weighted by atomic mass is 15.2. The van der Waals surface area contributed by atoms with Gasteiger partial charge in [-0.3, -0.25) is 9.81 Å². The third-order valence-corrected chi connectivity index (χ3v) is 1.79. The van der Waals surface area contributed by atoms with Crippen LogP contribution in [0.5, 0.6) is 0 Å². The van der Waals surface area contributed by atoms with Gasteiger partial charge in [0.25, 0.3) is 0 Å². The summed E-state index contributed by atoms with van der Waals surface area (Å²) in [4.78, 5) is 0. The van der Waals surface area contributed by atoms with E-state index in [1.54, 1.807) is 10.7 Å². The van der Waals surface area contributed by atoms with Crippen molar-refractivity contribution in [2.45, 2.75) is 6.42 Å². The molecule has 13 heavy (non-hydrogen) atoms. The third-order valence-electron chi connectivity index (χ3n) is 1.79. The molecule has 2 aromatic rings. The molecule has 0 aliphatic heterocycles. The number of nitrogens with one attached hydrogen (secondary N) is 1. The number of hydrogen-bond donors (Lipinski definition) is 2. The summed E-state index contributed by atoms with van der Waals surface area (Å²) in [6.45, 7) is 0. The molecule has 2 heterocycles. The molecule has 5 heteroatoms. The molecule has 0 aliphatic carbocycles. The molecule has 2 rings (SSSR count). The molecule has 0 fully saturated rings. The summed E-state index contributed by atoms with van der Waals surface area (Å²) >= 11 is 0. The highest BCUT2D eigenvalue weighted by molar-refractivity contribution is 5.81. The maximum Gasteiger partial charge on any atom is 0.164 e. The summed E-state index contributed by atoms with van der Waals surface area (Å²) in [6, 6.07) is 3.78. The molecule has 0 aromatic carbocycles. The Kier molecular flexibility index (Phi) is 1.70. The summed E-state index contributed by atoms with van der Waals surface area (Å²) in [7, 11) is 0. The second-order valence-corrected chi connectivity index (χ2v) is 2.80. The first-order valence-electron chi connectivity index (χ1n) is 3.87. The lowest BCUT2D eigenvalue weighted by atomic mass is 10.2. The highest BCUT2D eigenvalue weighted by Gasteiger charge is 2.03. The Hall–Kier alpha value is -1.91. The first kappa shape index (κ1) is 7.72. The molecular formula is C8H9N5. The summed E-state index contributed by atoms with van der Waals surface area (Å²) in [5, 5.41) is 14.9. The van der Waals surface area contributed by atoms with Gasteiger partial charge in [0.15, 0.2) is 5.65 Å². The van der Waals surface area contributed by atoms with Crippen molar-refractivity contribution in [1.29, 1.82) is 5.41 Å². The highest BCUT2D eigenvalue weighted by Crippen LogP contribution is 2.07. The Morgan fingerprint density at radius 3 is 3.23 bits per heavy atom. The van der Waals surface area contributed by atoms with Crippen LogP contribution < -0.4 is 5.73 Å². The second-order valence-electron chi connectivity index (χ2n) is 2.80. The molecule has 0 saturated carbocycles. The molecule has 0 spiro atoms. The summed E-state index contributed by atoms with van der Waals surface area (Å²) < 4.78 is 1.80.